The monoisotopic (exact) mass is 211 g/mol. The average molecular weight is 211 g/mol. The Morgan fingerprint density at radius 1 is 1.47 bits per heavy atom. The third-order valence-electron chi connectivity index (χ3n) is 2.40. The van der Waals surface area contributed by atoms with Crippen LogP contribution in [-0.4, -0.2) is 31.6 Å². The molecule has 0 heterocycles. The molecule has 0 aliphatic rings. The van der Waals surface area contributed by atoms with Gasteiger partial charge in [-0.25, -0.2) is 4.39 Å². The van der Waals surface area contributed by atoms with E-state index in [1.165, 1.54) is 6.07 Å². The third-order valence-corrected chi connectivity index (χ3v) is 2.40. The van der Waals surface area contributed by atoms with Crippen LogP contribution in [0.15, 0.2) is 18.2 Å². The zero-order chi connectivity index (χ0) is 11.3. The Balaban J connectivity index is 2.47. The van der Waals surface area contributed by atoms with E-state index in [-0.39, 0.29) is 11.5 Å². The molecular weight excluding hydrogens is 193 g/mol. The molecule has 0 aliphatic heterocycles. The van der Waals surface area contributed by atoms with Crippen molar-refractivity contribution >= 4 is 11.4 Å². The number of anilines is 2. The highest BCUT2D eigenvalue weighted by atomic mass is 19.1. The number of nitrogens with one attached hydrogen (secondary N) is 1. The molecule has 0 radical (unpaired) electrons. The van der Waals surface area contributed by atoms with Gasteiger partial charge in [0.25, 0.3) is 0 Å². The summed E-state index contributed by atoms with van der Waals surface area (Å²) in [6.07, 6.45) is 0. The molecule has 3 nitrogen and oxygen atoms in total. The van der Waals surface area contributed by atoms with Gasteiger partial charge in [0.05, 0.1) is 11.4 Å². The zero-order valence-corrected chi connectivity index (χ0v) is 9.26. The van der Waals surface area contributed by atoms with Crippen LogP contribution in [0.2, 0.25) is 0 Å². The summed E-state index contributed by atoms with van der Waals surface area (Å²) in [5.74, 6) is -0.371. The first-order valence-corrected chi connectivity index (χ1v) is 5.11. The number of rotatable bonds is 5. The molecule has 0 aliphatic carbocycles. The Kier molecular flexibility index (Phi) is 4.37. The minimum Gasteiger partial charge on any atom is -0.395 e. The molecule has 0 saturated carbocycles. The normalized spacial score (nSPS) is 10.7. The van der Waals surface area contributed by atoms with E-state index in [2.05, 4.69) is 17.1 Å². The lowest BCUT2D eigenvalue weighted by Gasteiger charge is -2.15. The molecule has 0 saturated heterocycles. The van der Waals surface area contributed by atoms with Crippen molar-refractivity contribution in [2.75, 3.05) is 37.7 Å². The molecule has 0 atom stereocenters. The molecule has 4 heteroatoms. The van der Waals surface area contributed by atoms with Crippen molar-refractivity contribution < 1.29 is 4.39 Å². The summed E-state index contributed by atoms with van der Waals surface area (Å²) in [4.78, 5) is 2.17. The summed E-state index contributed by atoms with van der Waals surface area (Å²) in [7, 11) is 2.04. The molecule has 0 fully saturated rings. The lowest BCUT2D eigenvalue weighted by Crippen LogP contribution is -2.24. The standard InChI is InChI=1S/C11H18FN3/c1-3-15(2)8-7-14-10-6-4-5-9(12)11(10)13/h4-6,14H,3,7-8,13H2,1-2H3. The highest BCUT2D eigenvalue weighted by molar-refractivity contribution is 5.66. The number of halogens is 1. The average Bonchev–Trinajstić information content (AvgIpc) is 2.24. The maximum Gasteiger partial charge on any atom is 0.148 e. The molecule has 15 heavy (non-hydrogen) atoms. The minimum absolute atomic E-state index is 0.191. The lowest BCUT2D eigenvalue weighted by molar-refractivity contribution is 0.367. The van der Waals surface area contributed by atoms with Gasteiger partial charge in [0.15, 0.2) is 0 Å². The second-order valence-corrected chi connectivity index (χ2v) is 3.52. The SMILES string of the molecule is CCN(C)CCNc1cccc(F)c1N. The van der Waals surface area contributed by atoms with Gasteiger partial charge in [0.1, 0.15) is 5.82 Å². The van der Waals surface area contributed by atoms with E-state index >= 15 is 0 Å². The Morgan fingerprint density at radius 2 is 2.20 bits per heavy atom. The summed E-state index contributed by atoms with van der Waals surface area (Å²) in [5, 5.41) is 3.11. The first-order valence-electron chi connectivity index (χ1n) is 5.11. The number of para-hydroxylation sites is 1. The van der Waals surface area contributed by atoms with E-state index < -0.39 is 0 Å². The predicted molar refractivity (Wildman–Crippen MR) is 62.5 cm³/mol. The fourth-order valence-corrected chi connectivity index (χ4v) is 1.23. The second kappa shape index (κ2) is 5.56. The molecule has 84 valence electrons. The lowest BCUT2D eigenvalue weighted by atomic mass is 10.2. The van der Waals surface area contributed by atoms with E-state index in [0.29, 0.717) is 5.69 Å². The minimum atomic E-state index is -0.371. The van der Waals surface area contributed by atoms with Gasteiger partial charge in [-0.2, -0.15) is 0 Å². The number of hydrogen-bond donors (Lipinski definition) is 2. The second-order valence-electron chi connectivity index (χ2n) is 3.52. The van der Waals surface area contributed by atoms with E-state index in [1.54, 1.807) is 12.1 Å². The maximum absolute atomic E-state index is 13.1. The fraction of sp³-hybridized carbons (Fsp3) is 0.455. The zero-order valence-electron chi connectivity index (χ0n) is 9.26. The van der Waals surface area contributed by atoms with Gasteiger partial charge in [0, 0.05) is 13.1 Å². The van der Waals surface area contributed by atoms with Crippen LogP contribution < -0.4 is 11.1 Å². The Bertz CT molecular complexity index is 315. The molecule has 0 spiro atoms. The first kappa shape index (κ1) is 11.8. The summed E-state index contributed by atoms with van der Waals surface area (Å²) < 4.78 is 13.1. The number of nitrogens with two attached hydrogens (primary N) is 1. The number of nitrogens with zero attached hydrogens (tertiary/aromatic N) is 1. The quantitative estimate of drug-likeness (QED) is 0.729. The number of likely N-dealkylation sites (N-methyl/N-ethyl adjacent to an activating group) is 1. The van der Waals surface area contributed by atoms with Crippen molar-refractivity contribution in [3.63, 3.8) is 0 Å². The van der Waals surface area contributed by atoms with Gasteiger partial charge in [-0.05, 0) is 25.7 Å². The van der Waals surface area contributed by atoms with Crippen LogP contribution in [0.3, 0.4) is 0 Å². The molecule has 0 unspecified atom stereocenters. The van der Waals surface area contributed by atoms with Crippen LogP contribution in [-0.2, 0) is 0 Å². The summed E-state index contributed by atoms with van der Waals surface area (Å²) in [6, 6.07) is 4.79. The first-order chi connectivity index (χ1) is 7.15. The maximum atomic E-state index is 13.1. The summed E-state index contributed by atoms with van der Waals surface area (Å²) in [6.45, 7) is 4.77. The largest absolute Gasteiger partial charge is 0.395 e. The van der Waals surface area contributed by atoms with Crippen molar-refractivity contribution in [1.29, 1.82) is 0 Å². The Hall–Kier alpha value is -1.29. The van der Waals surface area contributed by atoms with E-state index in [4.69, 9.17) is 5.73 Å². The van der Waals surface area contributed by atoms with Crippen molar-refractivity contribution in [3.05, 3.63) is 24.0 Å². The van der Waals surface area contributed by atoms with Crippen LogP contribution in [0.1, 0.15) is 6.92 Å². The molecule has 3 N–H and O–H groups in total. The van der Waals surface area contributed by atoms with Crippen molar-refractivity contribution in [1.82, 2.24) is 4.90 Å². The smallest absolute Gasteiger partial charge is 0.148 e. The van der Waals surface area contributed by atoms with Gasteiger partial charge in [0.2, 0.25) is 0 Å². The molecule has 0 aromatic heterocycles. The van der Waals surface area contributed by atoms with Crippen molar-refractivity contribution in [2.45, 2.75) is 6.92 Å². The fourth-order valence-electron chi connectivity index (χ4n) is 1.23. The van der Waals surface area contributed by atoms with Gasteiger partial charge >= 0.3 is 0 Å². The molecule has 0 amide bonds. The van der Waals surface area contributed by atoms with Crippen molar-refractivity contribution in [3.8, 4) is 0 Å². The highest BCUT2D eigenvalue weighted by Crippen LogP contribution is 2.20. The van der Waals surface area contributed by atoms with Gasteiger partial charge in [-0.15, -0.1) is 0 Å². The Morgan fingerprint density at radius 3 is 2.87 bits per heavy atom. The van der Waals surface area contributed by atoms with Gasteiger partial charge < -0.3 is 16.0 Å². The van der Waals surface area contributed by atoms with Gasteiger partial charge in [-0.1, -0.05) is 13.0 Å². The predicted octanol–water partition coefficient (Wildman–Crippen LogP) is 1.77. The summed E-state index contributed by atoms with van der Waals surface area (Å²) >= 11 is 0. The topological polar surface area (TPSA) is 41.3 Å². The third kappa shape index (κ3) is 3.40. The number of benzene rings is 1. The van der Waals surface area contributed by atoms with Crippen LogP contribution in [0, 0.1) is 5.82 Å². The van der Waals surface area contributed by atoms with Gasteiger partial charge in [-0.3, -0.25) is 0 Å². The number of nitrogen functional groups attached to an aromatic ring is 1. The summed E-state index contributed by atoms with van der Waals surface area (Å²) in [5.41, 5.74) is 6.44. The van der Waals surface area contributed by atoms with E-state index in [0.717, 1.165) is 19.6 Å². The molecule has 0 bridgehead atoms. The highest BCUT2D eigenvalue weighted by Gasteiger charge is 2.03. The molecule has 1 rings (SSSR count). The molecular formula is C11H18FN3. The van der Waals surface area contributed by atoms with Crippen molar-refractivity contribution in [2.24, 2.45) is 0 Å². The van der Waals surface area contributed by atoms with Crippen LogP contribution in [0.5, 0.6) is 0 Å². The van der Waals surface area contributed by atoms with Crippen LogP contribution in [0.4, 0.5) is 15.8 Å². The molecule has 1 aromatic rings. The van der Waals surface area contributed by atoms with E-state index in [1.807, 2.05) is 7.05 Å². The number of hydrogen-bond acceptors (Lipinski definition) is 3. The molecule has 1 aromatic carbocycles. The Labute approximate surface area is 90.1 Å². The van der Waals surface area contributed by atoms with Crippen LogP contribution >= 0.6 is 0 Å². The van der Waals surface area contributed by atoms with Crippen LogP contribution in [0.25, 0.3) is 0 Å². The van der Waals surface area contributed by atoms with E-state index in [9.17, 15) is 4.39 Å².